The van der Waals surface area contributed by atoms with Gasteiger partial charge in [0.05, 0.1) is 5.41 Å². The highest BCUT2D eigenvalue weighted by Gasteiger charge is 2.72. The molecular formula is C39H54N2O3. The van der Waals surface area contributed by atoms with Gasteiger partial charge in [0.15, 0.2) is 0 Å². The summed E-state index contributed by atoms with van der Waals surface area (Å²) < 4.78 is 12.6. The van der Waals surface area contributed by atoms with Crippen molar-refractivity contribution in [2.45, 2.75) is 124 Å². The molecule has 5 aliphatic rings. The van der Waals surface area contributed by atoms with E-state index in [1.54, 1.807) is 6.92 Å². The number of ether oxygens (including phenoxy) is 1. The van der Waals surface area contributed by atoms with Crippen molar-refractivity contribution in [1.29, 1.82) is 0 Å². The molecule has 5 saturated carbocycles. The fourth-order valence-electron chi connectivity index (χ4n) is 13.0. The lowest BCUT2D eigenvalue weighted by Gasteiger charge is -2.72. The molecular weight excluding hydrogens is 544 g/mol. The van der Waals surface area contributed by atoms with E-state index in [1.165, 1.54) is 44.1 Å². The molecule has 5 nitrogen and oxygen atoms in total. The SMILES string of the molecule is C=C(C)[C@@H]1CC[C@]2(c3nnc(-c4ccccc4)o3)CC[C@]3(C)[C@H](CC[C@@H]4[C@@]5(C)CC[C@H](OC(C)=O)C(C)(C)[C@@H]5CC[C@]43C)[C@@H]12. The van der Waals surface area contributed by atoms with Crippen LogP contribution >= 0.6 is 0 Å². The van der Waals surface area contributed by atoms with Gasteiger partial charge < -0.3 is 9.15 Å². The number of aromatic nitrogens is 2. The Balaban J connectivity index is 1.25. The fourth-order valence-corrected chi connectivity index (χ4v) is 13.0. The molecule has 44 heavy (non-hydrogen) atoms. The van der Waals surface area contributed by atoms with Crippen LogP contribution in [-0.4, -0.2) is 22.3 Å². The number of carbonyl (C=O) groups excluding carboxylic acids is 1. The number of fused-ring (bicyclic) bond motifs is 7. The van der Waals surface area contributed by atoms with Gasteiger partial charge in [-0.15, -0.1) is 10.2 Å². The van der Waals surface area contributed by atoms with E-state index in [1.807, 2.05) is 18.2 Å². The van der Waals surface area contributed by atoms with Gasteiger partial charge in [-0.2, -0.15) is 0 Å². The number of allylic oxidation sites excluding steroid dienone is 1. The first-order chi connectivity index (χ1) is 20.8. The molecule has 0 amide bonds. The Kier molecular flexibility index (Phi) is 6.89. The Morgan fingerprint density at radius 1 is 0.841 bits per heavy atom. The first-order valence-electron chi connectivity index (χ1n) is 17.5. The maximum absolute atomic E-state index is 12.0. The molecule has 0 N–H and O–H groups in total. The Hall–Kier alpha value is -2.43. The number of benzene rings is 1. The zero-order valence-electron chi connectivity index (χ0n) is 28.2. The number of nitrogens with zero attached hydrogens (tertiary/aromatic N) is 2. The van der Waals surface area contributed by atoms with E-state index in [0.29, 0.717) is 35.5 Å². The molecule has 0 aliphatic heterocycles. The third-order valence-corrected chi connectivity index (χ3v) is 15.2. The molecule has 10 atom stereocenters. The number of carbonyl (C=O) groups is 1. The van der Waals surface area contributed by atoms with Crippen LogP contribution in [0.1, 0.15) is 119 Å². The smallest absolute Gasteiger partial charge is 0.302 e. The van der Waals surface area contributed by atoms with Gasteiger partial charge in [-0.1, -0.05) is 65.0 Å². The monoisotopic (exact) mass is 598 g/mol. The number of esters is 1. The molecule has 5 heteroatoms. The van der Waals surface area contributed by atoms with Crippen molar-refractivity contribution in [2.75, 3.05) is 0 Å². The van der Waals surface area contributed by atoms with Gasteiger partial charge in [-0.05, 0) is 129 Å². The second-order valence-electron chi connectivity index (χ2n) is 17.1. The van der Waals surface area contributed by atoms with Gasteiger partial charge in [0, 0.05) is 17.9 Å². The van der Waals surface area contributed by atoms with Crippen LogP contribution in [0.3, 0.4) is 0 Å². The molecule has 7 rings (SSSR count). The van der Waals surface area contributed by atoms with Crippen molar-refractivity contribution in [3.63, 3.8) is 0 Å². The molecule has 1 aromatic heterocycles. The first-order valence-corrected chi connectivity index (χ1v) is 17.5. The van der Waals surface area contributed by atoms with Crippen LogP contribution in [0.5, 0.6) is 0 Å². The predicted octanol–water partition coefficient (Wildman–Crippen LogP) is 9.58. The van der Waals surface area contributed by atoms with Gasteiger partial charge in [-0.25, -0.2) is 0 Å². The van der Waals surface area contributed by atoms with Crippen LogP contribution < -0.4 is 0 Å². The van der Waals surface area contributed by atoms with E-state index in [0.717, 1.165) is 37.1 Å². The summed E-state index contributed by atoms with van der Waals surface area (Å²) in [7, 11) is 0. The van der Waals surface area contributed by atoms with Gasteiger partial charge in [0.25, 0.3) is 0 Å². The minimum Gasteiger partial charge on any atom is -0.462 e. The molecule has 0 spiro atoms. The summed E-state index contributed by atoms with van der Waals surface area (Å²) in [5, 5.41) is 9.44. The average molecular weight is 599 g/mol. The Bertz CT molecular complexity index is 1450. The van der Waals surface area contributed by atoms with Crippen LogP contribution in [0.4, 0.5) is 0 Å². The van der Waals surface area contributed by atoms with Crippen molar-refractivity contribution < 1.29 is 13.9 Å². The summed E-state index contributed by atoms with van der Waals surface area (Å²) in [6.45, 7) is 21.2. The van der Waals surface area contributed by atoms with E-state index in [9.17, 15) is 4.79 Å². The number of hydrogen-bond acceptors (Lipinski definition) is 5. The number of hydrogen-bond donors (Lipinski definition) is 0. The van der Waals surface area contributed by atoms with Crippen LogP contribution in [-0.2, 0) is 14.9 Å². The second-order valence-corrected chi connectivity index (χ2v) is 17.1. The summed E-state index contributed by atoms with van der Waals surface area (Å²) >= 11 is 0. The summed E-state index contributed by atoms with van der Waals surface area (Å²) in [4.78, 5) is 12.0. The molecule has 2 aromatic rings. The number of rotatable bonds is 4. The molecule has 5 aliphatic carbocycles. The normalized spacial score (nSPS) is 44.1. The van der Waals surface area contributed by atoms with Crippen molar-refractivity contribution in [2.24, 2.45) is 51.2 Å². The molecule has 0 saturated heterocycles. The van der Waals surface area contributed by atoms with Gasteiger partial charge in [0.2, 0.25) is 11.8 Å². The average Bonchev–Trinajstić information content (AvgIpc) is 3.62. The summed E-state index contributed by atoms with van der Waals surface area (Å²) in [6, 6.07) is 10.2. The third-order valence-electron chi connectivity index (χ3n) is 15.2. The molecule has 238 valence electrons. The molecule has 5 fully saturated rings. The molecule has 1 aromatic carbocycles. The van der Waals surface area contributed by atoms with Crippen LogP contribution in [0.2, 0.25) is 0 Å². The maximum atomic E-state index is 12.0. The van der Waals surface area contributed by atoms with Crippen molar-refractivity contribution in [3.8, 4) is 11.5 Å². The predicted molar refractivity (Wildman–Crippen MR) is 174 cm³/mol. The van der Waals surface area contributed by atoms with Crippen LogP contribution in [0.25, 0.3) is 11.5 Å². The van der Waals surface area contributed by atoms with E-state index in [-0.39, 0.29) is 39.1 Å². The summed E-state index contributed by atoms with van der Waals surface area (Å²) in [5.74, 6) is 4.23. The summed E-state index contributed by atoms with van der Waals surface area (Å²) in [6.07, 6.45) is 11.8. The van der Waals surface area contributed by atoms with Crippen molar-refractivity contribution in [1.82, 2.24) is 10.2 Å². The van der Waals surface area contributed by atoms with Crippen LogP contribution in [0.15, 0.2) is 46.9 Å². The van der Waals surface area contributed by atoms with Crippen molar-refractivity contribution in [3.05, 3.63) is 48.4 Å². The molecule has 0 bridgehead atoms. The first kappa shape index (κ1) is 30.2. The quantitative estimate of drug-likeness (QED) is 0.259. The zero-order valence-corrected chi connectivity index (χ0v) is 28.2. The zero-order chi connectivity index (χ0) is 31.3. The minimum atomic E-state index is -0.133. The highest BCUT2D eigenvalue weighted by atomic mass is 16.5. The van der Waals surface area contributed by atoms with E-state index in [2.05, 4.69) is 65.4 Å². The van der Waals surface area contributed by atoms with Gasteiger partial charge >= 0.3 is 5.97 Å². The van der Waals surface area contributed by atoms with Gasteiger partial charge in [-0.3, -0.25) is 4.79 Å². The lowest BCUT2D eigenvalue weighted by molar-refractivity contribution is -0.246. The lowest BCUT2D eigenvalue weighted by Crippen LogP contribution is -2.67. The second kappa shape index (κ2) is 10.0. The van der Waals surface area contributed by atoms with Crippen LogP contribution in [0, 0.1) is 51.2 Å². The highest BCUT2D eigenvalue weighted by Crippen LogP contribution is 2.77. The van der Waals surface area contributed by atoms with E-state index < -0.39 is 0 Å². The van der Waals surface area contributed by atoms with E-state index >= 15 is 0 Å². The highest BCUT2D eigenvalue weighted by molar-refractivity contribution is 5.66. The van der Waals surface area contributed by atoms with E-state index in [4.69, 9.17) is 14.3 Å². The fraction of sp³-hybridized carbons (Fsp3) is 0.718. The minimum absolute atomic E-state index is 0.00953. The Labute approximate surface area is 265 Å². The van der Waals surface area contributed by atoms with Gasteiger partial charge in [0.1, 0.15) is 6.10 Å². The topological polar surface area (TPSA) is 65.2 Å². The Morgan fingerprint density at radius 3 is 2.30 bits per heavy atom. The molecule has 0 radical (unpaired) electrons. The lowest BCUT2D eigenvalue weighted by atomic mass is 9.32. The maximum Gasteiger partial charge on any atom is 0.302 e. The molecule has 1 heterocycles. The Morgan fingerprint density at radius 2 is 1.59 bits per heavy atom. The standard InChI is InChI=1S/C39H54N2O3/c1-24(2)27-16-21-39(34-41-40-33(44-34)26-12-10-9-11-13-26)23-22-37(7)28(32(27)39)14-15-30-36(6)19-18-31(43-25(3)42)35(4,5)29(36)17-20-38(30,37)8/h9-13,27-32H,1,14-23H2,2-8H3/t27-,28+,29-,30+,31-,32+,36-,37+,38+,39-/m0/s1. The third kappa shape index (κ3) is 3.98. The van der Waals surface area contributed by atoms with Crippen molar-refractivity contribution >= 4 is 5.97 Å². The largest absolute Gasteiger partial charge is 0.462 e. The molecule has 0 unspecified atom stereocenters. The summed E-state index contributed by atoms with van der Waals surface area (Å²) in [5.41, 5.74) is 3.03.